The van der Waals surface area contributed by atoms with E-state index in [1.807, 2.05) is 19.1 Å². The van der Waals surface area contributed by atoms with Gasteiger partial charge < -0.3 is 15.4 Å². The van der Waals surface area contributed by atoms with Gasteiger partial charge in [-0.3, -0.25) is 0 Å². The lowest BCUT2D eigenvalue weighted by Gasteiger charge is -2.04. The van der Waals surface area contributed by atoms with Gasteiger partial charge in [0.15, 0.2) is 0 Å². The minimum Gasteiger partial charge on any atom is -0.508 e. The summed E-state index contributed by atoms with van der Waals surface area (Å²) in [5, 5.41) is 12.4. The maximum Gasteiger partial charge on any atom is 0.115 e. The fraction of sp³-hybridized carbons (Fsp3) is 0.250. The van der Waals surface area contributed by atoms with Crippen LogP contribution in [0.25, 0.3) is 0 Å². The Morgan fingerprint density at radius 2 is 2.00 bits per heavy atom. The predicted octanol–water partition coefficient (Wildman–Crippen LogP) is 1.71. The second-order valence-electron chi connectivity index (χ2n) is 3.74. The van der Waals surface area contributed by atoms with Crippen LogP contribution in [0.3, 0.4) is 0 Å². The summed E-state index contributed by atoms with van der Waals surface area (Å²) in [7, 11) is 0. The molecule has 0 atom stereocenters. The minimum atomic E-state index is 0.298. The van der Waals surface area contributed by atoms with Gasteiger partial charge in [0.05, 0.1) is 12.0 Å². The van der Waals surface area contributed by atoms with Gasteiger partial charge in [0.25, 0.3) is 0 Å². The van der Waals surface area contributed by atoms with Crippen LogP contribution >= 0.6 is 0 Å². The van der Waals surface area contributed by atoms with Gasteiger partial charge in [-0.2, -0.15) is 0 Å². The van der Waals surface area contributed by atoms with E-state index in [2.05, 4.69) is 15.3 Å². The highest BCUT2D eigenvalue weighted by Crippen LogP contribution is 2.09. The van der Waals surface area contributed by atoms with Gasteiger partial charge in [0, 0.05) is 18.8 Å². The minimum absolute atomic E-state index is 0.298. The Kier molecular flexibility index (Phi) is 3.22. The number of hydrogen-bond acceptors (Lipinski definition) is 3. The highest BCUT2D eigenvalue weighted by atomic mass is 16.3. The fourth-order valence-corrected chi connectivity index (χ4v) is 1.50. The molecule has 1 aromatic heterocycles. The Morgan fingerprint density at radius 1 is 1.25 bits per heavy atom. The molecule has 0 amide bonds. The van der Waals surface area contributed by atoms with E-state index in [-0.39, 0.29) is 0 Å². The first-order valence-electron chi connectivity index (χ1n) is 5.23. The van der Waals surface area contributed by atoms with E-state index in [0.717, 1.165) is 30.0 Å². The number of aromatic hydroxyl groups is 1. The van der Waals surface area contributed by atoms with Crippen molar-refractivity contribution < 1.29 is 5.11 Å². The summed E-state index contributed by atoms with van der Waals surface area (Å²) < 4.78 is 0. The molecule has 1 heterocycles. The van der Waals surface area contributed by atoms with Gasteiger partial charge in [0.1, 0.15) is 5.75 Å². The highest BCUT2D eigenvalue weighted by Gasteiger charge is 1.99. The first-order valence-corrected chi connectivity index (χ1v) is 5.23. The van der Waals surface area contributed by atoms with Gasteiger partial charge in [-0.15, -0.1) is 0 Å². The summed E-state index contributed by atoms with van der Waals surface area (Å²) in [6.45, 7) is 3.52. The Bertz CT molecular complexity index is 448. The molecule has 84 valence electrons. The number of rotatable bonds is 4. The molecular formula is C12H15N3O. The lowest BCUT2D eigenvalue weighted by molar-refractivity contribution is 0.475. The lowest BCUT2D eigenvalue weighted by Crippen LogP contribution is -2.13. The summed E-state index contributed by atoms with van der Waals surface area (Å²) in [5.74, 6) is 0.298. The number of imidazole rings is 1. The topological polar surface area (TPSA) is 60.9 Å². The van der Waals surface area contributed by atoms with Crippen LogP contribution in [0.4, 0.5) is 0 Å². The summed E-state index contributed by atoms with van der Waals surface area (Å²) in [6.07, 6.45) is 1.70. The van der Waals surface area contributed by atoms with Crippen molar-refractivity contribution in [3.63, 3.8) is 0 Å². The van der Waals surface area contributed by atoms with Crippen molar-refractivity contribution in [3.05, 3.63) is 47.5 Å². The normalized spacial score (nSPS) is 10.6. The van der Waals surface area contributed by atoms with Crippen LogP contribution in [0.15, 0.2) is 30.6 Å². The van der Waals surface area contributed by atoms with Crippen molar-refractivity contribution in [1.82, 2.24) is 15.3 Å². The molecule has 4 heteroatoms. The molecule has 0 aliphatic carbocycles. The van der Waals surface area contributed by atoms with E-state index in [9.17, 15) is 0 Å². The molecule has 0 spiro atoms. The maximum atomic E-state index is 9.13. The van der Waals surface area contributed by atoms with Gasteiger partial charge in [-0.05, 0) is 24.6 Å². The first-order chi connectivity index (χ1) is 7.75. The Morgan fingerprint density at radius 3 is 2.62 bits per heavy atom. The number of hydrogen-bond donors (Lipinski definition) is 3. The molecule has 0 aliphatic heterocycles. The summed E-state index contributed by atoms with van der Waals surface area (Å²) in [5.41, 5.74) is 3.28. The average molecular weight is 217 g/mol. The fourth-order valence-electron chi connectivity index (χ4n) is 1.50. The van der Waals surface area contributed by atoms with Crippen molar-refractivity contribution >= 4 is 0 Å². The molecule has 4 nitrogen and oxygen atoms in total. The summed E-state index contributed by atoms with van der Waals surface area (Å²) >= 11 is 0. The molecular weight excluding hydrogens is 202 g/mol. The number of nitrogens with one attached hydrogen (secondary N) is 2. The molecule has 0 bridgehead atoms. The summed E-state index contributed by atoms with van der Waals surface area (Å²) in [4.78, 5) is 7.24. The van der Waals surface area contributed by atoms with Crippen molar-refractivity contribution in [2.45, 2.75) is 20.0 Å². The van der Waals surface area contributed by atoms with E-state index in [4.69, 9.17) is 5.11 Å². The highest BCUT2D eigenvalue weighted by molar-refractivity contribution is 5.25. The van der Waals surface area contributed by atoms with Crippen LogP contribution in [0.1, 0.15) is 17.0 Å². The van der Waals surface area contributed by atoms with E-state index in [1.165, 1.54) is 0 Å². The number of aromatic amines is 1. The maximum absolute atomic E-state index is 9.13. The number of nitrogens with zero attached hydrogens (tertiary/aromatic N) is 1. The molecule has 0 saturated carbocycles. The van der Waals surface area contributed by atoms with Crippen LogP contribution in [-0.4, -0.2) is 15.1 Å². The molecule has 0 unspecified atom stereocenters. The SMILES string of the molecule is Cc1[nH]cnc1CNCc1ccc(O)cc1. The van der Waals surface area contributed by atoms with Crippen molar-refractivity contribution in [2.75, 3.05) is 0 Å². The third-order valence-corrected chi connectivity index (χ3v) is 2.49. The third kappa shape index (κ3) is 2.61. The van der Waals surface area contributed by atoms with Crippen LogP contribution < -0.4 is 5.32 Å². The smallest absolute Gasteiger partial charge is 0.115 e. The van der Waals surface area contributed by atoms with Crippen molar-refractivity contribution in [1.29, 1.82) is 0 Å². The van der Waals surface area contributed by atoms with Crippen molar-refractivity contribution in [3.8, 4) is 5.75 Å². The number of phenolic OH excluding ortho intramolecular Hbond substituents is 1. The Hall–Kier alpha value is -1.81. The molecule has 0 aliphatic rings. The Balaban J connectivity index is 1.84. The second-order valence-corrected chi connectivity index (χ2v) is 3.74. The zero-order valence-electron chi connectivity index (χ0n) is 9.20. The van der Waals surface area contributed by atoms with Crippen LogP contribution in [0, 0.1) is 6.92 Å². The third-order valence-electron chi connectivity index (χ3n) is 2.49. The van der Waals surface area contributed by atoms with E-state index < -0.39 is 0 Å². The van der Waals surface area contributed by atoms with E-state index >= 15 is 0 Å². The molecule has 0 saturated heterocycles. The molecule has 1 aromatic carbocycles. The number of H-pyrrole nitrogens is 1. The van der Waals surface area contributed by atoms with Gasteiger partial charge in [-0.25, -0.2) is 4.98 Å². The number of benzene rings is 1. The monoisotopic (exact) mass is 217 g/mol. The van der Waals surface area contributed by atoms with Crippen LogP contribution in [-0.2, 0) is 13.1 Å². The molecule has 16 heavy (non-hydrogen) atoms. The number of phenols is 1. The van der Waals surface area contributed by atoms with Crippen LogP contribution in [0.5, 0.6) is 5.75 Å². The largest absolute Gasteiger partial charge is 0.508 e. The molecule has 0 radical (unpaired) electrons. The van der Waals surface area contributed by atoms with Gasteiger partial charge >= 0.3 is 0 Å². The standard InChI is InChI=1S/C12H15N3O/c1-9-12(15-8-14-9)7-13-6-10-2-4-11(16)5-3-10/h2-5,8,13,16H,6-7H2,1H3,(H,14,15). The number of aromatic nitrogens is 2. The van der Waals surface area contributed by atoms with Gasteiger partial charge in [-0.1, -0.05) is 12.1 Å². The molecule has 2 rings (SSSR count). The van der Waals surface area contributed by atoms with E-state index in [0.29, 0.717) is 5.75 Å². The molecule has 0 fully saturated rings. The summed E-state index contributed by atoms with van der Waals surface area (Å²) in [6, 6.07) is 7.19. The molecule has 3 N–H and O–H groups in total. The average Bonchev–Trinajstić information content (AvgIpc) is 2.68. The van der Waals surface area contributed by atoms with E-state index in [1.54, 1.807) is 18.5 Å². The first kappa shape index (κ1) is 10.7. The predicted molar refractivity (Wildman–Crippen MR) is 62.0 cm³/mol. The second kappa shape index (κ2) is 4.81. The van der Waals surface area contributed by atoms with Gasteiger partial charge in [0.2, 0.25) is 0 Å². The number of aryl methyl sites for hydroxylation is 1. The van der Waals surface area contributed by atoms with Crippen molar-refractivity contribution in [2.24, 2.45) is 0 Å². The van der Waals surface area contributed by atoms with Crippen LogP contribution in [0.2, 0.25) is 0 Å². The quantitative estimate of drug-likeness (QED) is 0.730. The Labute approximate surface area is 94.4 Å². The zero-order valence-corrected chi connectivity index (χ0v) is 9.20. The molecule has 2 aromatic rings. The lowest BCUT2D eigenvalue weighted by atomic mass is 10.2. The zero-order chi connectivity index (χ0) is 11.4.